The topological polar surface area (TPSA) is 81.9 Å². The number of aromatic nitrogens is 4. The van der Waals surface area contributed by atoms with E-state index in [4.69, 9.17) is 4.74 Å². The molecule has 0 fully saturated rings. The van der Waals surface area contributed by atoms with Crippen LogP contribution in [0.5, 0.6) is 5.75 Å². The first-order valence-electron chi connectivity index (χ1n) is 9.41. The molecule has 2 aromatic carbocycles. The van der Waals surface area contributed by atoms with E-state index in [9.17, 15) is 4.79 Å². The number of nitrogens with zero attached hydrogens (tertiary/aromatic N) is 4. The van der Waals surface area contributed by atoms with E-state index in [1.54, 1.807) is 23.9 Å². The highest BCUT2D eigenvalue weighted by atomic mass is 32.2. The first-order valence-corrected chi connectivity index (χ1v) is 10.4. The molecule has 0 saturated heterocycles. The van der Waals surface area contributed by atoms with Crippen LogP contribution < -0.4 is 10.1 Å². The molecule has 0 spiro atoms. The maximum absolute atomic E-state index is 12.5. The smallest absolute Gasteiger partial charge is 0.234 e. The molecule has 8 heteroatoms. The van der Waals surface area contributed by atoms with Gasteiger partial charge in [0, 0.05) is 16.5 Å². The van der Waals surface area contributed by atoms with Crippen molar-refractivity contribution in [2.24, 2.45) is 0 Å². The van der Waals surface area contributed by atoms with E-state index in [2.05, 4.69) is 20.6 Å². The van der Waals surface area contributed by atoms with Gasteiger partial charge in [0.25, 0.3) is 0 Å². The van der Waals surface area contributed by atoms with Crippen molar-refractivity contribution >= 4 is 34.1 Å². The molecule has 0 aliphatic rings. The summed E-state index contributed by atoms with van der Waals surface area (Å²) in [5.41, 5.74) is 2.55. The number of carbonyl (C=O) groups excluding carboxylic acids is 1. The highest BCUT2D eigenvalue weighted by Gasteiger charge is 2.15. The van der Waals surface area contributed by atoms with Crippen molar-refractivity contribution in [3.63, 3.8) is 0 Å². The van der Waals surface area contributed by atoms with Gasteiger partial charge in [-0.15, -0.1) is 10.2 Å². The second-order valence-corrected chi connectivity index (χ2v) is 7.71. The second kappa shape index (κ2) is 8.54. The Morgan fingerprint density at radius 2 is 1.80 bits per heavy atom. The number of thioether (sulfide) groups is 1. The third-order valence-corrected chi connectivity index (χ3v) is 5.55. The summed E-state index contributed by atoms with van der Waals surface area (Å²) >= 11 is 1.35. The van der Waals surface area contributed by atoms with Crippen molar-refractivity contribution in [2.75, 3.05) is 18.2 Å². The Kier molecular flexibility index (Phi) is 5.67. The number of benzene rings is 2. The predicted octanol–water partition coefficient (Wildman–Crippen LogP) is 4.17. The molecule has 0 saturated carbocycles. The zero-order valence-electron chi connectivity index (χ0n) is 16.9. The number of hydrogen-bond donors (Lipinski definition) is 1. The molecule has 2 heterocycles. The Morgan fingerprint density at radius 1 is 1.07 bits per heavy atom. The molecule has 30 heavy (non-hydrogen) atoms. The van der Waals surface area contributed by atoms with Gasteiger partial charge in [-0.3, -0.25) is 4.79 Å². The molecule has 2 aromatic heterocycles. The van der Waals surface area contributed by atoms with Crippen LogP contribution in [0.25, 0.3) is 16.6 Å². The molecule has 4 rings (SSSR count). The molecular weight excluding hydrogens is 398 g/mol. The molecule has 1 amide bonds. The molecule has 7 nitrogen and oxygen atoms in total. The number of ether oxygens (including phenoxy) is 1. The van der Waals surface area contributed by atoms with Gasteiger partial charge in [-0.05, 0) is 32.0 Å². The standard InChI is InChI=1S/C22H21N5O2S/c1-14-12-15(2)27(26-14)21-16-8-4-5-9-17(16)22(25-24-21)30-13-20(28)23-18-10-6-7-11-19(18)29-3/h4-12H,13H2,1-3H3,(H,23,28). The monoisotopic (exact) mass is 419 g/mol. The van der Waals surface area contributed by atoms with Crippen LogP contribution in [-0.2, 0) is 4.79 Å². The van der Waals surface area contributed by atoms with Gasteiger partial charge in [-0.1, -0.05) is 48.2 Å². The number of hydrogen-bond acceptors (Lipinski definition) is 6. The maximum Gasteiger partial charge on any atom is 0.234 e. The Balaban J connectivity index is 1.57. The molecule has 0 unspecified atom stereocenters. The molecule has 4 aromatic rings. The van der Waals surface area contributed by atoms with Crippen LogP contribution in [0.4, 0.5) is 5.69 Å². The molecular formula is C22H21N5O2S. The van der Waals surface area contributed by atoms with E-state index in [0.29, 0.717) is 22.3 Å². The highest BCUT2D eigenvalue weighted by Crippen LogP contribution is 2.29. The van der Waals surface area contributed by atoms with Crippen LogP contribution in [0.1, 0.15) is 11.4 Å². The average Bonchev–Trinajstić information content (AvgIpc) is 3.10. The SMILES string of the molecule is COc1ccccc1NC(=O)CSc1nnc(-n2nc(C)cc2C)c2ccccc12. The third kappa shape index (κ3) is 3.99. The first kappa shape index (κ1) is 19.9. The largest absolute Gasteiger partial charge is 0.495 e. The lowest BCUT2D eigenvalue weighted by atomic mass is 10.2. The molecule has 0 atom stereocenters. The number of fused-ring (bicyclic) bond motifs is 1. The molecule has 0 radical (unpaired) electrons. The summed E-state index contributed by atoms with van der Waals surface area (Å²) < 4.78 is 7.08. The quantitative estimate of drug-likeness (QED) is 0.472. The van der Waals surface area contributed by atoms with Crippen LogP contribution in [0.2, 0.25) is 0 Å². The number of amides is 1. The normalized spacial score (nSPS) is 10.9. The van der Waals surface area contributed by atoms with Gasteiger partial charge in [0.2, 0.25) is 5.91 Å². The summed E-state index contributed by atoms with van der Waals surface area (Å²) in [6.45, 7) is 3.94. The van der Waals surface area contributed by atoms with E-state index >= 15 is 0 Å². The van der Waals surface area contributed by atoms with E-state index in [0.717, 1.165) is 22.2 Å². The summed E-state index contributed by atoms with van der Waals surface area (Å²) in [7, 11) is 1.58. The van der Waals surface area contributed by atoms with E-state index in [-0.39, 0.29) is 11.7 Å². The average molecular weight is 420 g/mol. The number of anilines is 1. The van der Waals surface area contributed by atoms with Crippen molar-refractivity contribution in [3.05, 3.63) is 66.0 Å². The van der Waals surface area contributed by atoms with Gasteiger partial charge in [0.1, 0.15) is 10.8 Å². The minimum atomic E-state index is -0.141. The van der Waals surface area contributed by atoms with Crippen LogP contribution >= 0.6 is 11.8 Å². The van der Waals surface area contributed by atoms with Gasteiger partial charge in [0.15, 0.2) is 5.82 Å². The number of methoxy groups -OCH3 is 1. The van der Waals surface area contributed by atoms with Gasteiger partial charge in [-0.2, -0.15) is 5.10 Å². The summed E-state index contributed by atoms with van der Waals surface area (Å²) in [5, 5.41) is 18.8. The van der Waals surface area contributed by atoms with Gasteiger partial charge in [-0.25, -0.2) is 4.68 Å². The summed E-state index contributed by atoms with van der Waals surface area (Å²) in [6.07, 6.45) is 0. The Morgan fingerprint density at radius 3 is 2.53 bits per heavy atom. The van der Waals surface area contributed by atoms with Gasteiger partial charge >= 0.3 is 0 Å². The zero-order chi connectivity index (χ0) is 21.1. The predicted molar refractivity (Wildman–Crippen MR) is 118 cm³/mol. The van der Waals surface area contributed by atoms with Gasteiger partial charge < -0.3 is 10.1 Å². The van der Waals surface area contributed by atoms with Crippen molar-refractivity contribution in [2.45, 2.75) is 18.9 Å². The maximum atomic E-state index is 12.5. The fourth-order valence-corrected chi connectivity index (χ4v) is 4.01. The molecule has 152 valence electrons. The Bertz CT molecular complexity index is 1220. The van der Waals surface area contributed by atoms with Crippen LogP contribution in [-0.4, -0.2) is 38.7 Å². The lowest BCUT2D eigenvalue weighted by Gasteiger charge is -2.11. The highest BCUT2D eigenvalue weighted by molar-refractivity contribution is 8.00. The zero-order valence-corrected chi connectivity index (χ0v) is 17.7. The van der Waals surface area contributed by atoms with Crippen molar-refractivity contribution in [1.29, 1.82) is 0 Å². The van der Waals surface area contributed by atoms with E-state index in [1.165, 1.54) is 11.8 Å². The van der Waals surface area contributed by atoms with Crippen molar-refractivity contribution in [3.8, 4) is 11.6 Å². The Labute approximate surface area is 178 Å². The third-order valence-electron chi connectivity index (χ3n) is 4.57. The molecule has 0 aliphatic carbocycles. The number of rotatable bonds is 6. The molecule has 1 N–H and O–H groups in total. The van der Waals surface area contributed by atoms with Crippen molar-refractivity contribution in [1.82, 2.24) is 20.0 Å². The van der Waals surface area contributed by atoms with Crippen LogP contribution in [0, 0.1) is 13.8 Å². The second-order valence-electron chi connectivity index (χ2n) is 6.75. The number of para-hydroxylation sites is 2. The summed E-state index contributed by atoms with van der Waals surface area (Å²) in [4.78, 5) is 12.5. The molecule has 0 bridgehead atoms. The fraction of sp³-hybridized carbons (Fsp3) is 0.182. The lowest BCUT2D eigenvalue weighted by Crippen LogP contribution is -2.15. The Hall–Kier alpha value is -3.39. The van der Waals surface area contributed by atoms with E-state index in [1.807, 2.05) is 56.3 Å². The number of aryl methyl sites for hydroxylation is 2. The minimum Gasteiger partial charge on any atom is -0.495 e. The minimum absolute atomic E-state index is 0.141. The summed E-state index contributed by atoms with van der Waals surface area (Å²) in [6, 6.07) is 17.2. The van der Waals surface area contributed by atoms with Gasteiger partial charge in [0.05, 0.1) is 24.2 Å². The molecule has 0 aliphatic heterocycles. The van der Waals surface area contributed by atoms with Crippen molar-refractivity contribution < 1.29 is 9.53 Å². The first-order chi connectivity index (χ1) is 14.6. The van der Waals surface area contributed by atoms with Crippen LogP contribution in [0.15, 0.2) is 59.6 Å². The lowest BCUT2D eigenvalue weighted by molar-refractivity contribution is -0.113. The fourth-order valence-electron chi connectivity index (χ4n) is 3.24. The van der Waals surface area contributed by atoms with E-state index < -0.39 is 0 Å². The summed E-state index contributed by atoms with van der Waals surface area (Å²) in [5.74, 6) is 1.36. The number of nitrogens with one attached hydrogen (secondary N) is 1. The van der Waals surface area contributed by atoms with Crippen LogP contribution in [0.3, 0.4) is 0 Å². The number of carbonyl (C=O) groups is 1.